The van der Waals surface area contributed by atoms with Crippen LogP contribution in [-0.4, -0.2) is 29.0 Å². The van der Waals surface area contributed by atoms with Crippen molar-refractivity contribution in [1.82, 2.24) is 14.8 Å². The number of rotatable bonds is 5. The zero-order valence-electron chi connectivity index (χ0n) is 17.5. The number of pyridine rings is 1. The molecule has 0 unspecified atom stereocenters. The Balaban J connectivity index is 1.97. The first-order chi connectivity index (χ1) is 15.2. The van der Waals surface area contributed by atoms with E-state index in [4.69, 9.17) is 21.1 Å². The number of benzene rings is 2. The highest BCUT2D eigenvalue weighted by atomic mass is 35.5. The molecule has 2 aromatic heterocycles. The third kappa shape index (κ3) is 4.10. The van der Waals surface area contributed by atoms with Crippen molar-refractivity contribution in [2.24, 2.45) is 0 Å². The van der Waals surface area contributed by atoms with Crippen LogP contribution < -0.4 is 9.47 Å². The van der Waals surface area contributed by atoms with Gasteiger partial charge in [0.05, 0.1) is 43.1 Å². The van der Waals surface area contributed by atoms with E-state index >= 15 is 0 Å². The molecule has 0 aliphatic carbocycles. The highest BCUT2D eigenvalue weighted by Crippen LogP contribution is 2.40. The van der Waals surface area contributed by atoms with Crippen molar-refractivity contribution in [3.63, 3.8) is 0 Å². The predicted molar refractivity (Wildman–Crippen MR) is 116 cm³/mol. The summed E-state index contributed by atoms with van der Waals surface area (Å²) in [6.45, 7) is 1.79. The van der Waals surface area contributed by atoms with Crippen LogP contribution in [-0.2, 0) is 12.7 Å². The normalized spacial score (nSPS) is 11.7. The van der Waals surface area contributed by atoms with E-state index in [1.165, 1.54) is 18.9 Å². The molecular formula is C23H19ClF3N3O2. The van der Waals surface area contributed by atoms with Crippen LogP contribution in [0.15, 0.2) is 48.5 Å². The monoisotopic (exact) mass is 461 g/mol. The summed E-state index contributed by atoms with van der Waals surface area (Å²) < 4.78 is 54.3. The van der Waals surface area contributed by atoms with Gasteiger partial charge in [-0.3, -0.25) is 0 Å². The lowest BCUT2D eigenvalue weighted by Crippen LogP contribution is -2.09. The second-order valence-corrected chi connectivity index (χ2v) is 7.62. The molecule has 4 aromatic rings. The van der Waals surface area contributed by atoms with Gasteiger partial charge in [-0.25, -0.2) is 9.67 Å². The van der Waals surface area contributed by atoms with Crippen LogP contribution in [0.4, 0.5) is 13.2 Å². The maximum Gasteiger partial charge on any atom is 0.417 e. The second kappa shape index (κ2) is 8.35. The molecule has 0 atom stereocenters. The predicted octanol–water partition coefficient (Wildman–Crippen LogP) is 6.14. The number of ether oxygens (including phenoxy) is 2. The second-order valence-electron chi connectivity index (χ2n) is 7.19. The van der Waals surface area contributed by atoms with Crippen LogP contribution >= 0.6 is 11.6 Å². The van der Waals surface area contributed by atoms with Crippen molar-refractivity contribution >= 4 is 22.6 Å². The lowest BCUT2D eigenvalue weighted by Gasteiger charge is -2.14. The van der Waals surface area contributed by atoms with Crippen LogP contribution in [0.1, 0.15) is 16.8 Å². The van der Waals surface area contributed by atoms with E-state index < -0.39 is 11.7 Å². The first-order valence-electron chi connectivity index (χ1n) is 9.63. The molecule has 0 bridgehead atoms. The van der Waals surface area contributed by atoms with Crippen LogP contribution in [0, 0.1) is 6.92 Å². The van der Waals surface area contributed by atoms with E-state index in [0.717, 1.165) is 11.6 Å². The van der Waals surface area contributed by atoms with Crippen molar-refractivity contribution < 1.29 is 22.6 Å². The number of hydrogen-bond acceptors (Lipinski definition) is 4. The minimum atomic E-state index is -4.60. The summed E-state index contributed by atoms with van der Waals surface area (Å²) in [4.78, 5) is 4.58. The summed E-state index contributed by atoms with van der Waals surface area (Å²) in [5.74, 6) is 0.855. The number of nitrogens with zero attached hydrogens (tertiary/aromatic N) is 3. The molecule has 0 aliphatic rings. The molecule has 2 aromatic carbocycles. The standard InChI is InChI=1S/C23H19ClF3N3O2/c1-13-21-18(23(25,26)27)11-19(17-10-16(31-2)8-9-20(17)32-3)28-22(21)30(29-13)12-14-4-6-15(24)7-5-14/h4-11H,12H2,1-3H3. The zero-order chi connectivity index (χ0) is 23.0. The molecule has 166 valence electrons. The van der Waals surface area contributed by atoms with E-state index in [9.17, 15) is 13.2 Å². The van der Waals surface area contributed by atoms with Gasteiger partial charge in [-0.2, -0.15) is 18.3 Å². The highest BCUT2D eigenvalue weighted by molar-refractivity contribution is 6.30. The van der Waals surface area contributed by atoms with E-state index in [0.29, 0.717) is 22.1 Å². The summed E-state index contributed by atoms with van der Waals surface area (Å²) in [5, 5.41) is 4.90. The van der Waals surface area contributed by atoms with Gasteiger partial charge in [0.15, 0.2) is 5.65 Å². The molecule has 2 heterocycles. The number of methoxy groups -OCH3 is 2. The average Bonchev–Trinajstić information content (AvgIpc) is 3.08. The summed E-state index contributed by atoms with van der Waals surface area (Å²) >= 11 is 5.94. The zero-order valence-corrected chi connectivity index (χ0v) is 18.3. The molecular weight excluding hydrogens is 443 g/mol. The van der Waals surface area contributed by atoms with Crippen molar-refractivity contribution in [1.29, 1.82) is 0 Å². The van der Waals surface area contributed by atoms with Crippen LogP contribution in [0.25, 0.3) is 22.3 Å². The van der Waals surface area contributed by atoms with Crippen LogP contribution in [0.5, 0.6) is 11.5 Å². The Morgan fingerprint density at radius 3 is 2.34 bits per heavy atom. The van der Waals surface area contributed by atoms with Crippen molar-refractivity contribution in [2.45, 2.75) is 19.6 Å². The number of aromatic nitrogens is 3. The van der Waals surface area contributed by atoms with Crippen molar-refractivity contribution in [3.8, 4) is 22.8 Å². The van der Waals surface area contributed by atoms with E-state index in [1.807, 2.05) is 0 Å². The summed E-state index contributed by atoms with van der Waals surface area (Å²) in [5.41, 5.74) is 0.903. The molecule has 32 heavy (non-hydrogen) atoms. The maximum atomic E-state index is 14.1. The SMILES string of the molecule is COc1ccc(OC)c(-c2cc(C(F)(F)F)c3c(C)nn(Cc4ccc(Cl)cc4)c3n2)c1. The van der Waals surface area contributed by atoms with E-state index in [1.54, 1.807) is 49.4 Å². The molecule has 0 radical (unpaired) electrons. The average molecular weight is 462 g/mol. The van der Waals surface area contributed by atoms with E-state index in [-0.39, 0.29) is 29.0 Å². The van der Waals surface area contributed by atoms with Crippen molar-refractivity contribution in [2.75, 3.05) is 14.2 Å². The Bertz CT molecular complexity index is 1280. The van der Waals surface area contributed by atoms with Crippen molar-refractivity contribution in [3.05, 3.63) is 70.4 Å². The fourth-order valence-corrected chi connectivity index (χ4v) is 3.73. The third-order valence-electron chi connectivity index (χ3n) is 5.11. The molecule has 0 N–H and O–H groups in total. The minimum Gasteiger partial charge on any atom is -0.497 e. The van der Waals surface area contributed by atoms with E-state index in [2.05, 4.69) is 10.1 Å². The topological polar surface area (TPSA) is 49.2 Å². The molecule has 0 spiro atoms. The first-order valence-corrected chi connectivity index (χ1v) is 10.0. The van der Waals surface area contributed by atoms with Gasteiger partial charge < -0.3 is 9.47 Å². The van der Waals surface area contributed by atoms with Gasteiger partial charge in [0.25, 0.3) is 0 Å². The van der Waals surface area contributed by atoms with Crippen LogP contribution in [0.2, 0.25) is 5.02 Å². The third-order valence-corrected chi connectivity index (χ3v) is 5.36. The lowest BCUT2D eigenvalue weighted by atomic mass is 10.0. The summed E-state index contributed by atoms with van der Waals surface area (Å²) in [6.07, 6.45) is -4.60. The number of halogens is 4. The Kier molecular flexibility index (Phi) is 5.73. The molecule has 4 rings (SSSR count). The molecule has 0 aliphatic heterocycles. The van der Waals surface area contributed by atoms with Gasteiger partial charge in [-0.1, -0.05) is 23.7 Å². The van der Waals surface area contributed by atoms with Gasteiger partial charge in [0, 0.05) is 10.6 Å². The molecule has 0 saturated carbocycles. The van der Waals surface area contributed by atoms with Gasteiger partial charge in [-0.05, 0) is 48.9 Å². The molecule has 0 amide bonds. The quantitative estimate of drug-likeness (QED) is 0.358. The highest BCUT2D eigenvalue weighted by Gasteiger charge is 2.36. The Labute approximate surface area is 187 Å². The number of fused-ring (bicyclic) bond motifs is 1. The minimum absolute atomic E-state index is 0.0305. The van der Waals surface area contributed by atoms with Crippen LogP contribution in [0.3, 0.4) is 0 Å². The number of hydrogen-bond donors (Lipinski definition) is 0. The Morgan fingerprint density at radius 1 is 1.00 bits per heavy atom. The largest absolute Gasteiger partial charge is 0.497 e. The van der Waals surface area contributed by atoms with Gasteiger partial charge in [-0.15, -0.1) is 0 Å². The Hall–Kier alpha value is -3.26. The number of aryl methyl sites for hydroxylation is 1. The first kappa shape index (κ1) is 22.0. The molecule has 0 saturated heterocycles. The Morgan fingerprint density at radius 2 is 1.72 bits per heavy atom. The summed E-state index contributed by atoms with van der Waals surface area (Å²) in [7, 11) is 2.93. The smallest absolute Gasteiger partial charge is 0.417 e. The van der Waals surface area contributed by atoms with Gasteiger partial charge in [0.1, 0.15) is 11.5 Å². The number of alkyl halides is 3. The summed E-state index contributed by atoms with van der Waals surface area (Å²) in [6, 6.07) is 13.0. The molecule has 5 nitrogen and oxygen atoms in total. The maximum absolute atomic E-state index is 14.1. The lowest BCUT2D eigenvalue weighted by molar-refractivity contribution is -0.136. The van der Waals surface area contributed by atoms with Gasteiger partial charge in [0.2, 0.25) is 0 Å². The molecule has 0 fully saturated rings. The van der Waals surface area contributed by atoms with Gasteiger partial charge >= 0.3 is 6.18 Å². The fourth-order valence-electron chi connectivity index (χ4n) is 3.60. The fraction of sp³-hybridized carbons (Fsp3) is 0.217. The molecule has 9 heteroatoms.